The van der Waals surface area contributed by atoms with E-state index in [1.54, 1.807) is 0 Å². The van der Waals surface area contributed by atoms with Crippen molar-refractivity contribution in [2.75, 3.05) is 0 Å². The standard InChI is InChI=1S/C23H34O2Si/c1-18(2)17-22(24)19(3)25-26(23(4,5)6,20-13-9-7-10-14-20)21-15-11-8-12-16-21/h7-16,18-19,22,24H,17H2,1-6H3/t19-,22+/m0/s1. The summed E-state index contributed by atoms with van der Waals surface area (Å²) in [5.41, 5.74) is 0. The third-order valence-corrected chi connectivity index (χ3v) is 10.2. The van der Waals surface area contributed by atoms with Gasteiger partial charge in [-0.1, -0.05) is 95.3 Å². The van der Waals surface area contributed by atoms with Gasteiger partial charge in [0.05, 0.1) is 12.2 Å². The topological polar surface area (TPSA) is 29.5 Å². The van der Waals surface area contributed by atoms with E-state index in [0.717, 1.165) is 6.42 Å². The van der Waals surface area contributed by atoms with E-state index in [1.807, 2.05) is 19.1 Å². The van der Waals surface area contributed by atoms with Crippen LogP contribution < -0.4 is 10.4 Å². The van der Waals surface area contributed by atoms with E-state index in [0.29, 0.717) is 5.92 Å². The third kappa shape index (κ3) is 4.45. The predicted molar refractivity (Wildman–Crippen MR) is 114 cm³/mol. The normalized spacial score (nSPS) is 15.1. The smallest absolute Gasteiger partial charge is 0.261 e. The molecule has 0 radical (unpaired) electrons. The monoisotopic (exact) mass is 370 g/mol. The van der Waals surface area contributed by atoms with E-state index in [-0.39, 0.29) is 11.1 Å². The van der Waals surface area contributed by atoms with E-state index in [9.17, 15) is 5.11 Å². The van der Waals surface area contributed by atoms with Crippen molar-refractivity contribution < 1.29 is 9.53 Å². The largest absolute Gasteiger partial charge is 0.402 e. The SMILES string of the molecule is CC(C)C[C@@H](O)[C@H](C)O[Si](c1ccccc1)(c1ccccc1)C(C)(C)C. The first kappa shape index (κ1) is 20.9. The highest BCUT2D eigenvalue weighted by molar-refractivity contribution is 6.99. The fourth-order valence-corrected chi connectivity index (χ4v) is 8.45. The number of rotatable bonds is 7. The first-order valence-corrected chi connectivity index (χ1v) is 11.6. The van der Waals surface area contributed by atoms with Crippen molar-refractivity contribution in [3.8, 4) is 0 Å². The van der Waals surface area contributed by atoms with Crippen LogP contribution in [-0.2, 0) is 4.43 Å². The van der Waals surface area contributed by atoms with Crippen molar-refractivity contribution >= 4 is 18.7 Å². The van der Waals surface area contributed by atoms with Crippen LogP contribution in [0.1, 0.15) is 48.0 Å². The van der Waals surface area contributed by atoms with Crippen LogP contribution in [-0.4, -0.2) is 25.6 Å². The molecule has 0 fully saturated rings. The molecular weight excluding hydrogens is 336 g/mol. The fraction of sp³-hybridized carbons (Fsp3) is 0.478. The number of hydrogen-bond donors (Lipinski definition) is 1. The minimum atomic E-state index is -2.59. The molecule has 0 amide bonds. The Labute approximate surface area is 160 Å². The third-order valence-electron chi connectivity index (χ3n) is 5.03. The highest BCUT2D eigenvalue weighted by Crippen LogP contribution is 2.38. The van der Waals surface area contributed by atoms with Gasteiger partial charge in [-0.15, -0.1) is 0 Å². The van der Waals surface area contributed by atoms with Gasteiger partial charge < -0.3 is 9.53 Å². The Bertz CT molecular complexity index is 622. The summed E-state index contributed by atoms with van der Waals surface area (Å²) in [7, 11) is -2.59. The molecule has 2 nitrogen and oxygen atoms in total. The minimum Gasteiger partial charge on any atom is -0.402 e. The quantitative estimate of drug-likeness (QED) is 0.734. The molecule has 0 unspecified atom stereocenters. The Kier molecular flexibility index (Phi) is 6.84. The number of aliphatic hydroxyl groups is 1. The summed E-state index contributed by atoms with van der Waals surface area (Å²) >= 11 is 0. The van der Waals surface area contributed by atoms with Crippen molar-refractivity contribution in [3.63, 3.8) is 0 Å². The average molecular weight is 371 g/mol. The van der Waals surface area contributed by atoms with Gasteiger partial charge in [0, 0.05) is 0 Å². The molecular formula is C23H34O2Si. The molecule has 0 bridgehead atoms. The molecule has 0 aliphatic heterocycles. The van der Waals surface area contributed by atoms with Crippen LogP contribution in [0.25, 0.3) is 0 Å². The lowest BCUT2D eigenvalue weighted by Crippen LogP contribution is -2.68. The van der Waals surface area contributed by atoms with Gasteiger partial charge in [-0.2, -0.15) is 0 Å². The summed E-state index contributed by atoms with van der Waals surface area (Å²) in [5.74, 6) is 0.440. The van der Waals surface area contributed by atoms with Crippen LogP contribution in [0.15, 0.2) is 60.7 Å². The molecule has 26 heavy (non-hydrogen) atoms. The predicted octanol–water partition coefficient (Wildman–Crippen LogP) is 4.36. The highest BCUT2D eigenvalue weighted by Gasteiger charge is 2.51. The summed E-state index contributed by atoms with van der Waals surface area (Å²) in [6, 6.07) is 21.2. The molecule has 0 heterocycles. The summed E-state index contributed by atoms with van der Waals surface area (Å²) in [6.45, 7) is 13.1. The zero-order chi connectivity index (χ0) is 19.4. The minimum absolute atomic E-state index is 0.0679. The number of aliphatic hydroxyl groups excluding tert-OH is 1. The average Bonchev–Trinajstić information content (AvgIpc) is 2.59. The van der Waals surface area contributed by atoms with Gasteiger partial charge in [0.2, 0.25) is 0 Å². The molecule has 2 aromatic carbocycles. The van der Waals surface area contributed by atoms with E-state index in [1.165, 1.54) is 10.4 Å². The molecule has 0 aromatic heterocycles. The van der Waals surface area contributed by atoms with E-state index in [2.05, 4.69) is 83.1 Å². The maximum Gasteiger partial charge on any atom is 0.261 e. The number of benzene rings is 2. The summed E-state index contributed by atoms with van der Waals surface area (Å²) in [6.07, 6.45) is 0.0691. The molecule has 0 aliphatic rings. The van der Waals surface area contributed by atoms with Gasteiger partial charge in [-0.3, -0.25) is 0 Å². The van der Waals surface area contributed by atoms with Crippen molar-refractivity contribution in [2.45, 2.75) is 65.2 Å². The Balaban J connectivity index is 2.57. The summed E-state index contributed by atoms with van der Waals surface area (Å²) < 4.78 is 6.93. The Hall–Kier alpha value is -1.42. The van der Waals surface area contributed by atoms with Crippen LogP contribution in [0.2, 0.25) is 5.04 Å². The molecule has 0 spiro atoms. The van der Waals surface area contributed by atoms with E-state index in [4.69, 9.17) is 4.43 Å². The van der Waals surface area contributed by atoms with Crippen LogP contribution >= 0.6 is 0 Å². The molecule has 2 aromatic rings. The van der Waals surface area contributed by atoms with Crippen molar-refractivity contribution in [1.82, 2.24) is 0 Å². The zero-order valence-electron chi connectivity index (χ0n) is 17.1. The van der Waals surface area contributed by atoms with Gasteiger partial charge in [0.25, 0.3) is 8.32 Å². The van der Waals surface area contributed by atoms with Crippen LogP contribution in [0.5, 0.6) is 0 Å². The first-order chi connectivity index (χ1) is 12.2. The van der Waals surface area contributed by atoms with E-state index < -0.39 is 14.4 Å². The first-order valence-electron chi connectivity index (χ1n) is 9.65. The summed E-state index contributed by atoms with van der Waals surface area (Å²) in [5, 5.41) is 13.1. The van der Waals surface area contributed by atoms with Crippen LogP contribution in [0.4, 0.5) is 0 Å². The van der Waals surface area contributed by atoms with Gasteiger partial charge in [0.15, 0.2) is 0 Å². The second-order valence-corrected chi connectivity index (χ2v) is 12.9. The molecule has 0 saturated heterocycles. The second kappa shape index (κ2) is 8.51. The van der Waals surface area contributed by atoms with Crippen molar-refractivity contribution in [3.05, 3.63) is 60.7 Å². The fourth-order valence-electron chi connectivity index (χ4n) is 3.72. The van der Waals surface area contributed by atoms with Crippen molar-refractivity contribution in [2.24, 2.45) is 5.92 Å². The lowest BCUT2D eigenvalue weighted by Gasteiger charge is -2.45. The van der Waals surface area contributed by atoms with Crippen molar-refractivity contribution in [1.29, 1.82) is 0 Å². The van der Waals surface area contributed by atoms with Gasteiger partial charge in [0.1, 0.15) is 0 Å². The maximum absolute atomic E-state index is 10.7. The van der Waals surface area contributed by atoms with Gasteiger partial charge in [-0.25, -0.2) is 0 Å². The maximum atomic E-state index is 10.7. The van der Waals surface area contributed by atoms with Gasteiger partial charge >= 0.3 is 0 Å². The molecule has 142 valence electrons. The van der Waals surface area contributed by atoms with Crippen LogP contribution in [0.3, 0.4) is 0 Å². The molecule has 0 aliphatic carbocycles. The number of hydrogen-bond acceptors (Lipinski definition) is 2. The molecule has 0 saturated carbocycles. The lowest BCUT2D eigenvalue weighted by atomic mass is 10.0. The Morgan fingerprint density at radius 1 is 0.846 bits per heavy atom. The lowest BCUT2D eigenvalue weighted by molar-refractivity contribution is 0.0281. The van der Waals surface area contributed by atoms with E-state index >= 15 is 0 Å². The molecule has 2 atom stereocenters. The van der Waals surface area contributed by atoms with Gasteiger partial charge in [-0.05, 0) is 34.7 Å². The second-order valence-electron chi connectivity index (χ2n) is 8.68. The summed E-state index contributed by atoms with van der Waals surface area (Å²) in [4.78, 5) is 0. The molecule has 1 N–H and O–H groups in total. The molecule has 3 heteroatoms. The Morgan fingerprint density at radius 2 is 1.27 bits per heavy atom. The highest BCUT2D eigenvalue weighted by atomic mass is 28.4. The molecule has 2 rings (SSSR count). The van der Waals surface area contributed by atoms with Crippen LogP contribution in [0, 0.1) is 5.92 Å². The zero-order valence-corrected chi connectivity index (χ0v) is 18.1. The Morgan fingerprint density at radius 3 is 1.62 bits per heavy atom.